The molecule has 4 aromatic rings. The van der Waals surface area contributed by atoms with Crippen molar-refractivity contribution in [1.29, 1.82) is 5.26 Å². The normalized spacial score (nSPS) is 19.2. The Morgan fingerprint density at radius 3 is 2.62 bits per heavy atom. The van der Waals surface area contributed by atoms with Gasteiger partial charge in [0.2, 0.25) is 5.88 Å². The van der Waals surface area contributed by atoms with E-state index in [-0.39, 0.29) is 5.92 Å². The van der Waals surface area contributed by atoms with Gasteiger partial charge in [0.1, 0.15) is 11.9 Å². The molecular formula is C31H31N7O. The molecular weight excluding hydrogens is 486 g/mol. The highest BCUT2D eigenvalue weighted by Crippen LogP contribution is 2.36. The molecule has 2 bridgehead atoms. The number of hydrogen-bond donors (Lipinski definition) is 0. The molecule has 3 unspecified atom stereocenters. The molecule has 3 fully saturated rings. The van der Waals surface area contributed by atoms with E-state index >= 15 is 0 Å². The van der Waals surface area contributed by atoms with Crippen molar-refractivity contribution in [1.82, 2.24) is 24.5 Å². The van der Waals surface area contributed by atoms with Crippen molar-refractivity contribution in [3.63, 3.8) is 0 Å². The molecule has 4 aromatic heterocycles. The Morgan fingerprint density at radius 1 is 1.10 bits per heavy atom. The zero-order valence-electron chi connectivity index (χ0n) is 22.3. The van der Waals surface area contributed by atoms with Crippen molar-refractivity contribution in [2.75, 3.05) is 25.1 Å². The molecule has 3 atom stereocenters. The zero-order valence-corrected chi connectivity index (χ0v) is 22.3. The third kappa shape index (κ3) is 4.80. The van der Waals surface area contributed by atoms with Gasteiger partial charge < -0.3 is 9.64 Å². The molecule has 39 heavy (non-hydrogen) atoms. The van der Waals surface area contributed by atoms with Crippen molar-refractivity contribution < 1.29 is 4.74 Å². The molecule has 0 N–H and O–H groups in total. The van der Waals surface area contributed by atoms with Crippen LogP contribution in [0.1, 0.15) is 36.5 Å². The number of aryl methyl sites for hydroxylation is 1. The van der Waals surface area contributed by atoms with E-state index < -0.39 is 0 Å². The summed E-state index contributed by atoms with van der Waals surface area (Å²) < 4.78 is 6.99. The molecule has 0 amide bonds. The largest absolute Gasteiger partial charge is 0.481 e. The minimum absolute atomic E-state index is 0.206. The van der Waals surface area contributed by atoms with Crippen LogP contribution in [0, 0.1) is 29.6 Å². The number of terminal acetylenes is 1. The van der Waals surface area contributed by atoms with E-state index in [0.717, 1.165) is 60.5 Å². The Morgan fingerprint density at radius 2 is 1.95 bits per heavy atom. The fourth-order valence-electron chi connectivity index (χ4n) is 5.78. The zero-order chi connectivity index (χ0) is 26.9. The van der Waals surface area contributed by atoms with E-state index in [1.807, 2.05) is 29.2 Å². The predicted octanol–water partition coefficient (Wildman–Crippen LogP) is 4.34. The summed E-state index contributed by atoms with van der Waals surface area (Å²) in [5.74, 6) is 4.64. The Hall–Kier alpha value is -4.40. The van der Waals surface area contributed by atoms with E-state index in [9.17, 15) is 5.26 Å². The standard InChI is InChI=1S/C31H31N7O/c1-4-21(2)5-6-22-11-28(31-25(13-32)16-35-38(31)18-22)24-8-9-29(33-15-24)36-19-26-12-27(20-36)37(26)17-23-7-10-30(39-3)34-14-23/h1,7-11,14-16,18,21,26-27H,5-6,12,17,19-20H2,2-3H3. The predicted molar refractivity (Wildman–Crippen MR) is 150 cm³/mol. The Kier molecular flexibility index (Phi) is 6.64. The Bertz CT molecular complexity index is 1550. The summed E-state index contributed by atoms with van der Waals surface area (Å²) in [6.45, 7) is 4.89. The summed E-state index contributed by atoms with van der Waals surface area (Å²) in [6, 6.07) is 13.7. The van der Waals surface area contributed by atoms with Crippen LogP contribution in [0.25, 0.3) is 16.6 Å². The number of methoxy groups -OCH3 is 1. The van der Waals surface area contributed by atoms with E-state index in [1.54, 1.807) is 13.3 Å². The highest BCUT2D eigenvalue weighted by molar-refractivity contribution is 5.84. The summed E-state index contributed by atoms with van der Waals surface area (Å²) in [5, 5.41) is 14.1. The minimum Gasteiger partial charge on any atom is -0.481 e. The lowest BCUT2D eigenvalue weighted by Crippen LogP contribution is -2.68. The number of aromatic nitrogens is 4. The van der Waals surface area contributed by atoms with Crippen LogP contribution in [0.3, 0.4) is 0 Å². The van der Waals surface area contributed by atoms with Crippen LogP contribution in [0.15, 0.2) is 55.1 Å². The van der Waals surface area contributed by atoms with E-state index in [0.29, 0.717) is 23.5 Å². The molecule has 0 radical (unpaired) electrons. The average Bonchev–Trinajstić information content (AvgIpc) is 3.41. The molecule has 3 aliphatic heterocycles. The number of nitrogens with zero attached hydrogens (tertiary/aromatic N) is 7. The maximum absolute atomic E-state index is 9.69. The lowest BCUT2D eigenvalue weighted by atomic mass is 9.87. The van der Waals surface area contributed by atoms with Crippen LogP contribution < -0.4 is 9.64 Å². The summed E-state index contributed by atoms with van der Waals surface area (Å²) in [4.78, 5) is 14.2. The molecule has 7 heterocycles. The number of fused-ring (bicyclic) bond motifs is 3. The van der Waals surface area contributed by atoms with Gasteiger partial charge in [-0.3, -0.25) is 4.90 Å². The first-order valence-corrected chi connectivity index (χ1v) is 13.4. The second-order valence-electron chi connectivity index (χ2n) is 10.6. The third-order valence-electron chi connectivity index (χ3n) is 8.04. The first kappa shape index (κ1) is 24.9. The SMILES string of the molecule is C#CC(C)CCc1cc(-c2ccc(N3CC4CC(C3)N4Cc3ccc(OC)nc3)nc2)c2c(C#N)cnn2c1. The highest BCUT2D eigenvalue weighted by Gasteiger charge is 2.44. The molecule has 7 rings (SSSR count). The summed E-state index contributed by atoms with van der Waals surface area (Å²) in [7, 11) is 1.64. The van der Waals surface area contributed by atoms with Gasteiger partial charge in [-0.1, -0.05) is 13.0 Å². The number of piperidine rings is 1. The average molecular weight is 518 g/mol. The van der Waals surface area contributed by atoms with Gasteiger partial charge >= 0.3 is 0 Å². The number of anilines is 1. The molecule has 3 saturated heterocycles. The first-order chi connectivity index (χ1) is 19.1. The van der Waals surface area contributed by atoms with Crippen molar-refractivity contribution in [2.45, 2.75) is 44.8 Å². The smallest absolute Gasteiger partial charge is 0.212 e. The van der Waals surface area contributed by atoms with Gasteiger partial charge in [0.25, 0.3) is 0 Å². The van der Waals surface area contributed by atoms with Crippen LogP contribution >= 0.6 is 0 Å². The molecule has 0 saturated carbocycles. The maximum atomic E-state index is 9.69. The maximum Gasteiger partial charge on any atom is 0.212 e. The number of ether oxygens (including phenoxy) is 1. The van der Waals surface area contributed by atoms with Crippen molar-refractivity contribution in [3.8, 4) is 35.4 Å². The van der Waals surface area contributed by atoms with E-state index in [2.05, 4.69) is 63.1 Å². The second-order valence-corrected chi connectivity index (χ2v) is 10.6. The van der Waals surface area contributed by atoms with Crippen molar-refractivity contribution in [3.05, 3.63) is 71.8 Å². The van der Waals surface area contributed by atoms with Gasteiger partial charge in [-0.2, -0.15) is 10.4 Å². The summed E-state index contributed by atoms with van der Waals surface area (Å²) in [6.07, 6.45) is 16.0. The van der Waals surface area contributed by atoms with Gasteiger partial charge in [-0.25, -0.2) is 14.5 Å². The molecule has 0 aliphatic carbocycles. The number of rotatable bonds is 8. The van der Waals surface area contributed by atoms with Gasteiger partial charge in [0, 0.05) is 73.4 Å². The highest BCUT2D eigenvalue weighted by atomic mass is 16.5. The molecule has 3 aliphatic rings. The van der Waals surface area contributed by atoms with E-state index in [4.69, 9.17) is 16.1 Å². The van der Waals surface area contributed by atoms with Crippen molar-refractivity contribution >= 4 is 11.3 Å². The molecule has 8 heteroatoms. The second kappa shape index (κ2) is 10.4. The summed E-state index contributed by atoms with van der Waals surface area (Å²) >= 11 is 0. The number of nitriles is 1. The van der Waals surface area contributed by atoms with Crippen molar-refractivity contribution in [2.24, 2.45) is 5.92 Å². The monoisotopic (exact) mass is 517 g/mol. The summed E-state index contributed by atoms with van der Waals surface area (Å²) in [5.41, 5.74) is 5.66. The Labute approximate surface area is 228 Å². The lowest BCUT2D eigenvalue weighted by Gasteiger charge is -2.56. The van der Waals surface area contributed by atoms with Crippen LogP contribution in [-0.4, -0.2) is 56.8 Å². The molecule has 0 aromatic carbocycles. The Balaban J connectivity index is 1.19. The number of piperazine rings is 1. The fourth-order valence-corrected chi connectivity index (χ4v) is 5.78. The lowest BCUT2D eigenvalue weighted by molar-refractivity contribution is -0.00876. The molecule has 8 nitrogen and oxygen atoms in total. The van der Waals surface area contributed by atoms with Crippen LogP contribution in [-0.2, 0) is 13.0 Å². The first-order valence-electron chi connectivity index (χ1n) is 13.4. The van der Waals surface area contributed by atoms with E-state index in [1.165, 1.54) is 12.0 Å². The quantitative estimate of drug-likeness (QED) is 0.322. The molecule has 0 spiro atoms. The minimum atomic E-state index is 0.206. The van der Waals surface area contributed by atoms with Gasteiger partial charge in [0.15, 0.2) is 0 Å². The van der Waals surface area contributed by atoms with Crippen LogP contribution in [0.2, 0.25) is 0 Å². The van der Waals surface area contributed by atoms with Gasteiger partial charge in [-0.05, 0) is 48.6 Å². The van der Waals surface area contributed by atoms with Crippen LogP contribution in [0.5, 0.6) is 5.88 Å². The topological polar surface area (TPSA) is 82.6 Å². The number of pyridine rings is 3. The van der Waals surface area contributed by atoms with Crippen LogP contribution in [0.4, 0.5) is 5.82 Å². The third-order valence-corrected chi connectivity index (χ3v) is 8.04. The fraction of sp³-hybridized carbons (Fsp3) is 0.355. The van der Waals surface area contributed by atoms with Gasteiger partial charge in [0.05, 0.1) is 24.4 Å². The number of hydrogen-bond acceptors (Lipinski definition) is 7. The molecule has 196 valence electrons. The van der Waals surface area contributed by atoms with Gasteiger partial charge in [-0.15, -0.1) is 12.3 Å².